The molecule has 0 unspecified atom stereocenters. The average molecular weight is 286 g/mol. The fourth-order valence-electron chi connectivity index (χ4n) is 2.35. The fourth-order valence-corrected chi connectivity index (χ4v) is 2.35. The quantitative estimate of drug-likeness (QED) is 0.800. The second-order valence-corrected chi connectivity index (χ2v) is 6.80. The number of aliphatic hydroxyl groups is 1. The number of carbonyl (C=O) groups is 1. The van der Waals surface area contributed by atoms with Gasteiger partial charge < -0.3 is 24.8 Å². The zero-order chi connectivity index (χ0) is 14.8. The van der Waals surface area contributed by atoms with Crippen LogP contribution in [0.2, 0.25) is 0 Å². The van der Waals surface area contributed by atoms with Crippen molar-refractivity contribution in [1.29, 1.82) is 0 Å². The molecule has 2 aliphatic heterocycles. The van der Waals surface area contributed by atoms with Crippen molar-refractivity contribution in [3.8, 4) is 0 Å². The summed E-state index contributed by atoms with van der Waals surface area (Å²) in [6, 6.07) is 0.245. The molecule has 2 saturated heterocycles. The number of likely N-dealkylation sites (tertiary alicyclic amines) is 1. The maximum Gasteiger partial charge on any atom is 0.410 e. The van der Waals surface area contributed by atoms with Crippen LogP contribution < -0.4 is 5.32 Å². The van der Waals surface area contributed by atoms with Gasteiger partial charge in [-0.3, -0.25) is 0 Å². The van der Waals surface area contributed by atoms with Gasteiger partial charge in [0.15, 0.2) is 0 Å². The second-order valence-electron chi connectivity index (χ2n) is 6.80. The molecule has 0 spiro atoms. The normalized spacial score (nSPS) is 23.3. The topological polar surface area (TPSA) is 71.0 Å². The standard InChI is InChI=1S/C14H26N2O4/c1-13(2,3)20-12(17)16-8-11(9-16)15-10-14(18)4-6-19-7-5-14/h11,15,18H,4-10H2,1-3H3. The Morgan fingerprint density at radius 2 is 2.00 bits per heavy atom. The van der Waals surface area contributed by atoms with Crippen molar-refractivity contribution < 1.29 is 19.4 Å². The van der Waals surface area contributed by atoms with E-state index >= 15 is 0 Å². The molecule has 0 aliphatic carbocycles. The predicted molar refractivity (Wildman–Crippen MR) is 74.6 cm³/mol. The summed E-state index contributed by atoms with van der Waals surface area (Å²) >= 11 is 0. The number of amides is 1. The summed E-state index contributed by atoms with van der Waals surface area (Å²) in [4.78, 5) is 13.4. The Kier molecular flexibility index (Phi) is 4.56. The molecular weight excluding hydrogens is 260 g/mol. The van der Waals surface area contributed by atoms with Crippen LogP contribution in [0, 0.1) is 0 Å². The first-order valence-corrected chi connectivity index (χ1v) is 7.29. The van der Waals surface area contributed by atoms with Gasteiger partial charge in [0, 0.05) is 51.7 Å². The van der Waals surface area contributed by atoms with Gasteiger partial charge >= 0.3 is 6.09 Å². The highest BCUT2D eigenvalue weighted by Gasteiger charge is 2.36. The van der Waals surface area contributed by atoms with Gasteiger partial charge in [-0.25, -0.2) is 4.79 Å². The van der Waals surface area contributed by atoms with Crippen LogP contribution in [0.25, 0.3) is 0 Å². The molecule has 0 saturated carbocycles. The maximum absolute atomic E-state index is 11.8. The largest absolute Gasteiger partial charge is 0.444 e. The molecule has 1 amide bonds. The second kappa shape index (κ2) is 5.87. The third-order valence-corrected chi connectivity index (χ3v) is 3.68. The van der Waals surface area contributed by atoms with Crippen molar-refractivity contribution in [3.05, 3.63) is 0 Å². The lowest BCUT2D eigenvalue weighted by Gasteiger charge is -2.42. The summed E-state index contributed by atoms with van der Waals surface area (Å²) in [5, 5.41) is 13.6. The number of rotatable bonds is 3. The third kappa shape index (κ3) is 4.33. The minimum atomic E-state index is -0.662. The summed E-state index contributed by atoms with van der Waals surface area (Å²) in [5.74, 6) is 0. The number of hydrogen-bond donors (Lipinski definition) is 2. The highest BCUT2D eigenvalue weighted by Crippen LogP contribution is 2.21. The van der Waals surface area contributed by atoms with E-state index in [1.54, 1.807) is 4.90 Å². The summed E-state index contributed by atoms with van der Waals surface area (Å²) in [5.41, 5.74) is -1.11. The molecule has 2 N–H and O–H groups in total. The van der Waals surface area contributed by atoms with E-state index in [4.69, 9.17) is 9.47 Å². The Labute approximate surface area is 120 Å². The lowest BCUT2D eigenvalue weighted by molar-refractivity contribution is -0.0656. The molecule has 2 heterocycles. The van der Waals surface area contributed by atoms with Gasteiger partial charge in [0.1, 0.15) is 5.60 Å². The molecule has 20 heavy (non-hydrogen) atoms. The van der Waals surface area contributed by atoms with E-state index in [0.717, 1.165) is 0 Å². The first-order chi connectivity index (χ1) is 9.27. The molecule has 6 nitrogen and oxygen atoms in total. The number of carbonyl (C=O) groups excluding carboxylic acids is 1. The highest BCUT2D eigenvalue weighted by atomic mass is 16.6. The van der Waals surface area contributed by atoms with Gasteiger partial charge in [0.05, 0.1) is 5.60 Å². The van der Waals surface area contributed by atoms with E-state index in [0.29, 0.717) is 45.7 Å². The van der Waals surface area contributed by atoms with Crippen LogP contribution in [0.5, 0.6) is 0 Å². The van der Waals surface area contributed by atoms with Crippen LogP contribution in [-0.4, -0.2) is 66.2 Å². The Morgan fingerprint density at radius 1 is 1.40 bits per heavy atom. The molecule has 2 fully saturated rings. The minimum Gasteiger partial charge on any atom is -0.444 e. The lowest BCUT2D eigenvalue weighted by Crippen LogP contribution is -2.62. The van der Waals surface area contributed by atoms with E-state index < -0.39 is 11.2 Å². The summed E-state index contributed by atoms with van der Waals surface area (Å²) in [7, 11) is 0. The highest BCUT2D eigenvalue weighted by molar-refractivity contribution is 5.69. The zero-order valence-electron chi connectivity index (χ0n) is 12.6. The molecule has 116 valence electrons. The molecule has 0 radical (unpaired) electrons. The molecule has 2 rings (SSSR count). The number of hydrogen-bond acceptors (Lipinski definition) is 5. The maximum atomic E-state index is 11.8. The van der Waals surface area contributed by atoms with E-state index in [1.165, 1.54) is 0 Å². The zero-order valence-corrected chi connectivity index (χ0v) is 12.6. The van der Waals surface area contributed by atoms with Crippen LogP contribution in [-0.2, 0) is 9.47 Å². The SMILES string of the molecule is CC(C)(C)OC(=O)N1CC(NCC2(O)CCOCC2)C1. The van der Waals surface area contributed by atoms with Gasteiger partial charge in [-0.15, -0.1) is 0 Å². The average Bonchev–Trinajstić information content (AvgIpc) is 2.25. The van der Waals surface area contributed by atoms with Crippen LogP contribution in [0.15, 0.2) is 0 Å². The minimum absolute atomic E-state index is 0.245. The van der Waals surface area contributed by atoms with E-state index in [9.17, 15) is 9.90 Å². The van der Waals surface area contributed by atoms with Crippen LogP contribution in [0.4, 0.5) is 4.79 Å². The Bertz CT molecular complexity index is 342. The Morgan fingerprint density at radius 3 is 2.55 bits per heavy atom. The van der Waals surface area contributed by atoms with Gasteiger partial charge in [-0.05, 0) is 20.8 Å². The van der Waals surface area contributed by atoms with Crippen molar-refractivity contribution in [2.24, 2.45) is 0 Å². The summed E-state index contributed by atoms with van der Waals surface area (Å²) in [6.45, 7) is 8.66. The van der Waals surface area contributed by atoms with Crippen molar-refractivity contribution in [1.82, 2.24) is 10.2 Å². The first kappa shape index (κ1) is 15.5. The van der Waals surface area contributed by atoms with Crippen LogP contribution in [0.1, 0.15) is 33.6 Å². The van der Waals surface area contributed by atoms with Crippen molar-refractivity contribution in [3.63, 3.8) is 0 Å². The van der Waals surface area contributed by atoms with Crippen molar-refractivity contribution in [2.75, 3.05) is 32.8 Å². The molecule has 2 aliphatic rings. The Balaban J connectivity index is 1.65. The van der Waals surface area contributed by atoms with Gasteiger partial charge in [-0.2, -0.15) is 0 Å². The van der Waals surface area contributed by atoms with Crippen molar-refractivity contribution >= 4 is 6.09 Å². The monoisotopic (exact) mass is 286 g/mol. The molecule has 0 bridgehead atoms. The first-order valence-electron chi connectivity index (χ1n) is 7.29. The predicted octanol–water partition coefficient (Wildman–Crippen LogP) is 0.737. The lowest BCUT2D eigenvalue weighted by atomic mass is 9.93. The number of nitrogens with one attached hydrogen (secondary N) is 1. The van der Waals surface area contributed by atoms with E-state index in [-0.39, 0.29) is 12.1 Å². The van der Waals surface area contributed by atoms with Gasteiger partial charge in [0.2, 0.25) is 0 Å². The molecule has 0 aromatic rings. The van der Waals surface area contributed by atoms with Crippen LogP contribution >= 0.6 is 0 Å². The molecule has 6 heteroatoms. The molecule has 0 atom stereocenters. The van der Waals surface area contributed by atoms with Crippen LogP contribution in [0.3, 0.4) is 0 Å². The van der Waals surface area contributed by atoms with Gasteiger partial charge in [0.25, 0.3) is 0 Å². The van der Waals surface area contributed by atoms with Gasteiger partial charge in [-0.1, -0.05) is 0 Å². The molecular formula is C14H26N2O4. The fraction of sp³-hybridized carbons (Fsp3) is 0.929. The van der Waals surface area contributed by atoms with E-state index in [1.807, 2.05) is 20.8 Å². The summed E-state index contributed by atoms with van der Waals surface area (Å²) in [6.07, 6.45) is 1.07. The smallest absolute Gasteiger partial charge is 0.410 e. The molecule has 0 aromatic carbocycles. The third-order valence-electron chi connectivity index (χ3n) is 3.68. The summed E-state index contributed by atoms with van der Waals surface area (Å²) < 4.78 is 10.5. The number of ether oxygens (including phenoxy) is 2. The van der Waals surface area contributed by atoms with Crippen molar-refractivity contribution in [2.45, 2.75) is 50.9 Å². The van der Waals surface area contributed by atoms with E-state index in [2.05, 4.69) is 5.32 Å². The Hall–Kier alpha value is -0.850. The number of nitrogens with zero attached hydrogens (tertiary/aromatic N) is 1. The molecule has 0 aromatic heterocycles.